The summed E-state index contributed by atoms with van der Waals surface area (Å²) in [7, 11) is 4.03. The topological polar surface area (TPSA) is 44.4 Å². The van der Waals surface area contributed by atoms with Crippen LogP contribution in [0.15, 0.2) is 24.3 Å². The van der Waals surface area contributed by atoms with Crippen molar-refractivity contribution in [2.45, 2.75) is 39.3 Å². The van der Waals surface area contributed by atoms with Gasteiger partial charge in [-0.05, 0) is 30.7 Å². The molecule has 0 saturated heterocycles. The molecule has 1 aromatic rings. The summed E-state index contributed by atoms with van der Waals surface area (Å²) in [6, 6.07) is 8.71. The molecule has 0 radical (unpaired) electrons. The third-order valence-corrected chi connectivity index (χ3v) is 3.08. The Labute approximate surface area is 122 Å². The second kappa shape index (κ2) is 8.59. The summed E-state index contributed by atoms with van der Waals surface area (Å²) in [6.45, 7) is 5.71. The van der Waals surface area contributed by atoms with Crippen LogP contribution in [0.4, 0.5) is 5.69 Å². The molecule has 20 heavy (non-hydrogen) atoms. The van der Waals surface area contributed by atoms with Crippen molar-refractivity contribution in [2.24, 2.45) is 0 Å². The van der Waals surface area contributed by atoms with Crippen LogP contribution in [-0.2, 0) is 11.3 Å². The van der Waals surface area contributed by atoms with E-state index in [2.05, 4.69) is 53.6 Å². The van der Waals surface area contributed by atoms with Crippen LogP contribution in [0.3, 0.4) is 0 Å². The number of amides is 1. The van der Waals surface area contributed by atoms with Crippen molar-refractivity contribution in [2.75, 3.05) is 25.5 Å². The van der Waals surface area contributed by atoms with E-state index in [1.807, 2.05) is 14.1 Å². The molecule has 0 spiro atoms. The van der Waals surface area contributed by atoms with Gasteiger partial charge in [0, 0.05) is 38.8 Å². The lowest BCUT2D eigenvalue weighted by molar-refractivity contribution is -0.121. The fraction of sp³-hybridized carbons (Fsp3) is 0.562. The van der Waals surface area contributed by atoms with E-state index in [4.69, 9.17) is 0 Å². The number of nitrogens with zero attached hydrogens (tertiary/aromatic N) is 1. The third kappa shape index (κ3) is 6.57. The molecule has 1 rings (SSSR count). The van der Waals surface area contributed by atoms with Gasteiger partial charge in [-0.15, -0.1) is 0 Å². The number of nitrogens with one attached hydrogen (secondary N) is 2. The van der Waals surface area contributed by atoms with E-state index < -0.39 is 0 Å². The maximum atomic E-state index is 11.7. The van der Waals surface area contributed by atoms with Gasteiger partial charge in [-0.3, -0.25) is 4.79 Å². The molecule has 112 valence electrons. The molecule has 0 aromatic heterocycles. The van der Waals surface area contributed by atoms with E-state index in [0.29, 0.717) is 19.0 Å². The minimum absolute atomic E-state index is 0.118. The standard InChI is InChI=1S/C16H27N3O/c1-13(2)17-11-5-6-16(20)18-12-14-7-9-15(10-8-14)19(3)4/h7-10,13,17H,5-6,11-12H2,1-4H3,(H,18,20). The largest absolute Gasteiger partial charge is 0.378 e. The number of benzene rings is 1. The number of hydrogen-bond acceptors (Lipinski definition) is 3. The molecular weight excluding hydrogens is 250 g/mol. The molecule has 0 aliphatic carbocycles. The van der Waals surface area contributed by atoms with Crippen molar-refractivity contribution in [3.8, 4) is 0 Å². The molecule has 0 saturated carbocycles. The van der Waals surface area contributed by atoms with Crippen LogP contribution in [-0.4, -0.2) is 32.6 Å². The highest BCUT2D eigenvalue weighted by molar-refractivity contribution is 5.75. The van der Waals surface area contributed by atoms with Gasteiger partial charge in [0.2, 0.25) is 5.91 Å². The molecular formula is C16H27N3O. The van der Waals surface area contributed by atoms with Crippen LogP contribution >= 0.6 is 0 Å². The molecule has 4 nitrogen and oxygen atoms in total. The summed E-state index contributed by atoms with van der Waals surface area (Å²) < 4.78 is 0. The predicted molar refractivity (Wildman–Crippen MR) is 85.0 cm³/mol. The molecule has 0 unspecified atom stereocenters. The van der Waals surface area contributed by atoms with Crippen LogP contribution in [0.25, 0.3) is 0 Å². The Morgan fingerprint density at radius 1 is 1.20 bits per heavy atom. The lowest BCUT2D eigenvalue weighted by atomic mass is 10.2. The van der Waals surface area contributed by atoms with Gasteiger partial charge in [0.25, 0.3) is 0 Å². The second-order valence-corrected chi connectivity index (χ2v) is 5.55. The second-order valence-electron chi connectivity index (χ2n) is 5.55. The van der Waals surface area contributed by atoms with Gasteiger partial charge in [-0.1, -0.05) is 26.0 Å². The zero-order chi connectivity index (χ0) is 15.0. The highest BCUT2D eigenvalue weighted by Crippen LogP contribution is 2.11. The SMILES string of the molecule is CC(C)NCCCC(=O)NCc1ccc(N(C)C)cc1. The van der Waals surface area contributed by atoms with Crippen molar-refractivity contribution in [3.63, 3.8) is 0 Å². The lowest BCUT2D eigenvalue weighted by Gasteiger charge is -2.13. The Hall–Kier alpha value is -1.55. The zero-order valence-corrected chi connectivity index (χ0v) is 13.1. The Bertz CT molecular complexity index is 399. The zero-order valence-electron chi connectivity index (χ0n) is 13.1. The highest BCUT2D eigenvalue weighted by Gasteiger charge is 2.02. The Morgan fingerprint density at radius 3 is 2.40 bits per heavy atom. The Balaban J connectivity index is 2.23. The number of carbonyl (C=O) groups excluding carboxylic acids is 1. The number of rotatable bonds is 8. The van der Waals surface area contributed by atoms with Crippen LogP contribution in [0.5, 0.6) is 0 Å². The maximum absolute atomic E-state index is 11.7. The molecule has 0 heterocycles. The summed E-state index contributed by atoms with van der Waals surface area (Å²) >= 11 is 0. The number of hydrogen-bond donors (Lipinski definition) is 2. The maximum Gasteiger partial charge on any atom is 0.220 e. The van der Waals surface area contributed by atoms with E-state index in [-0.39, 0.29) is 5.91 Å². The van der Waals surface area contributed by atoms with Crippen LogP contribution in [0.2, 0.25) is 0 Å². The number of carbonyl (C=O) groups is 1. The average Bonchev–Trinajstić information content (AvgIpc) is 2.41. The van der Waals surface area contributed by atoms with Crippen molar-refractivity contribution in [1.29, 1.82) is 0 Å². The molecule has 0 fully saturated rings. The van der Waals surface area contributed by atoms with Crippen molar-refractivity contribution < 1.29 is 4.79 Å². The van der Waals surface area contributed by atoms with Gasteiger partial charge >= 0.3 is 0 Å². The van der Waals surface area contributed by atoms with Gasteiger partial charge in [-0.2, -0.15) is 0 Å². The number of anilines is 1. The van der Waals surface area contributed by atoms with Gasteiger partial charge in [-0.25, -0.2) is 0 Å². The molecule has 0 bridgehead atoms. The lowest BCUT2D eigenvalue weighted by Crippen LogP contribution is -2.27. The van der Waals surface area contributed by atoms with E-state index in [9.17, 15) is 4.79 Å². The van der Waals surface area contributed by atoms with Crippen LogP contribution in [0.1, 0.15) is 32.3 Å². The first-order valence-corrected chi connectivity index (χ1v) is 7.25. The van der Waals surface area contributed by atoms with Crippen molar-refractivity contribution >= 4 is 11.6 Å². The van der Waals surface area contributed by atoms with E-state index in [1.54, 1.807) is 0 Å². The molecule has 0 aliphatic rings. The minimum atomic E-state index is 0.118. The van der Waals surface area contributed by atoms with Gasteiger partial charge < -0.3 is 15.5 Å². The monoisotopic (exact) mass is 277 g/mol. The molecule has 2 N–H and O–H groups in total. The molecule has 1 aromatic carbocycles. The molecule has 1 amide bonds. The third-order valence-electron chi connectivity index (χ3n) is 3.08. The Kier molecular flexibility index (Phi) is 7.09. The average molecular weight is 277 g/mol. The van der Waals surface area contributed by atoms with Gasteiger partial charge in [0.1, 0.15) is 0 Å². The fourth-order valence-corrected chi connectivity index (χ4v) is 1.84. The first-order valence-electron chi connectivity index (χ1n) is 7.25. The smallest absolute Gasteiger partial charge is 0.220 e. The van der Waals surface area contributed by atoms with Gasteiger partial charge in [0.05, 0.1) is 0 Å². The van der Waals surface area contributed by atoms with Crippen molar-refractivity contribution in [3.05, 3.63) is 29.8 Å². The summed E-state index contributed by atoms with van der Waals surface area (Å²) in [6.07, 6.45) is 1.46. The van der Waals surface area contributed by atoms with E-state index in [1.165, 1.54) is 5.69 Å². The summed E-state index contributed by atoms with van der Waals surface area (Å²) in [5.74, 6) is 0.118. The molecule has 4 heteroatoms. The summed E-state index contributed by atoms with van der Waals surface area (Å²) in [5, 5.41) is 6.26. The van der Waals surface area contributed by atoms with Crippen molar-refractivity contribution in [1.82, 2.24) is 10.6 Å². The first kappa shape index (κ1) is 16.5. The first-order chi connectivity index (χ1) is 9.49. The fourth-order valence-electron chi connectivity index (χ4n) is 1.84. The van der Waals surface area contributed by atoms with Crippen LogP contribution < -0.4 is 15.5 Å². The van der Waals surface area contributed by atoms with Crippen LogP contribution in [0, 0.1) is 0 Å². The summed E-state index contributed by atoms with van der Waals surface area (Å²) in [4.78, 5) is 13.7. The Morgan fingerprint density at radius 2 is 1.85 bits per heavy atom. The van der Waals surface area contributed by atoms with E-state index in [0.717, 1.165) is 18.5 Å². The summed E-state index contributed by atoms with van der Waals surface area (Å²) in [5.41, 5.74) is 2.30. The highest BCUT2D eigenvalue weighted by atomic mass is 16.1. The predicted octanol–water partition coefficient (Wildman–Crippen LogP) is 2.15. The quantitative estimate of drug-likeness (QED) is 0.716. The normalized spacial score (nSPS) is 10.7. The molecule has 0 atom stereocenters. The minimum Gasteiger partial charge on any atom is -0.378 e. The molecule has 0 aliphatic heterocycles. The van der Waals surface area contributed by atoms with Gasteiger partial charge in [0.15, 0.2) is 0 Å². The van der Waals surface area contributed by atoms with E-state index >= 15 is 0 Å².